The van der Waals surface area contributed by atoms with Gasteiger partial charge in [0, 0.05) is 6.20 Å². The molecule has 1 nitrogen and oxygen atoms in total. The van der Waals surface area contributed by atoms with Gasteiger partial charge in [-0.05, 0) is 30.4 Å². The summed E-state index contributed by atoms with van der Waals surface area (Å²) >= 11 is 11.7. The Hall–Kier alpha value is -0.270. The maximum Gasteiger partial charge on any atom is 0.147 e. The molecule has 1 aliphatic rings. The maximum atomic E-state index is 5.93. The quantitative estimate of drug-likeness (QED) is 0.616. The van der Waals surface area contributed by atoms with Gasteiger partial charge in [-0.3, -0.25) is 0 Å². The van der Waals surface area contributed by atoms with Crippen molar-refractivity contribution in [2.45, 2.75) is 18.8 Å². The van der Waals surface area contributed by atoms with Gasteiger partial charge in [0.2, 0.25) is 0 Å². The topological polar surface area (TPSA) is 12.9 Å². The zero-order valence-electron chi connectivity index (χ0n) is 5.85. The first-order chi connectivity index (χ1) is 5.29. The average Bonchev–Trinajstić information content (AvgIpc) is 2.77. The van der Waals surface area contributed by atoms with Crippen LogP contribution in [0.15, 0.2) is 12.3 Å². The number of nitrogens with zero attached hydrogens (tertiary/aromatic N) is 1. The summed E-state index contributed by atoms with van der Waals surface area (Å²) in [5.41, 5.74) is 1.16. The van der Waals surface area contributed by atoms with E-state index in [2.05, 4.69) is 4.98 Å². The van der Waals surface area contributed by atoms with E-state index in [9.17, 15) is 0 Å². The highest BCUT2D eigenvalue weighted by Crippen LogP contribution is 2.44. The second kappa shape index (κ2) is 2.65. The molecule has 2 rings (SSSR count). The highest BCUT2D eigenvalue weighted by molar-refractivity contribution is 6.41. The van der Waals surface area contributed by atoms with Gasteiger partial charge in [0.05, 0.1) is 5.02 Å². The molecule has 0 unspecified atom stereocenters. The highest BCUT2D eigenvalue weighted by atomic mass is 35.5. The van der Waals surface area contributed by atoms with Gasteiger partial charge in [-0.1, -0.05) is 23.2 Å². The van der Waals surface area contributed by atoms with Crippen molar-refractivity contribution in [1.29, 1.82) is 0 Å². The predicted octanol–water partition coefficient (Wildman–Crippen LogP) is 3.27. The Labute approximate surface area is 75.3 Å². The summed E-state index contributed by atoms with van der Waals surface area (Å²) in [6.07, 6.45) is 4.18. The molecule has 0 aliphatic heterocycles. The molecular weight excluding hydrogens is 181 g/mol. The number of hydrogen-bond donors (Lipinski definition) is 0. The van der Waals surface area contributed by atoms with Crippen LogP contribution in [0.5, 0.6) is 0 Å². The molecule has 1 aromatic rings. The fraction of sp³-hybridized carbons (Fsp3) is 0.375. The number of aromatic nitrogens is 1. The summed E-state index contributed by atoms with van der Waals surface area (Å²) in [4.78, 5) is 3.88. The van der Waals surface area contributed by atoms with E-state index in [1.165, 1.54) is 12.8 Å². The Kier molecular flexibility index (Phi) is 1.78. The molecule has 0 radical (unpaired) electrons. The van der Waals surface area contributed by atoms with Crippen molar-refractivity contribution in [2.75, 3.05) is 0 Å². The summed E-state index contributed by atoms with van der Waals surface area (Å²) in [5, 5.41) is 1.06. The van der Waals surface area contributed by atoms with Crippen molar-refractivity contribution in [1.82, 2.24) is 4.98 Å². The lowest BCUT2D eigenvalue weighted by Crippen LogP contribution is -1.84. The van der Waals surface area contributed by atoms with E-state index in [1.54, 1.807) is 6.20 Å². The Bertz CT molecular complexity index is 281. The Morgan fingerprint density at radius 1 is 1.36 bits per heavy atom. The summed E-state index contributed by atoms with van der Waals surface area (Å²) in [7, 11) is 0. The zero-order valence-corrected chi connectivity index (χ0v) is 7.36. The van der Waals surface area contributed by atoms with Crippen LogP contribution in [0, 0.1) is 0 Å². The highest BCUT2D eigenvalue weighted by Gasteiger charge is 2.26. The molecule has 1 aromatic heterocycles. The van der Waals surface area contributed by atoms with Crippen molar-refractivity contribution < 1.29 is 0 Å². The molecule has 11 heavy (non-hydrogen) atoms. The molecule has 0 amide bonds. The minimum Gasteiger partial charge on any atom is -0.243 e. The molecule has 1 saturated carbocycles. The second-order valence-electron chi connectivity index (χ2n) is 2.78. The number of rotatable bonds is 1. The average molecular weight is 188 g/mol. The normalized spacial score (nSPS) is 16.9. The summed E-state index contributed by atoms with van der Waals surface area (Å²) < 4.78 is 0. The zero-order chi connectivity index (χ0) is 7.84. The molecule has 1 heterocycles. The number of halogens is 2. The molecule has 1 fully saturated rings. The summed E-state index contributed by atoms with van der Waals surface area (Å²) in [6.45, 7) is 0. The van der Waals surface area contributed by atoms with Crippen LogP contribution in [0.2, 0.25) is 10.2 Å². The van der Waals surface area contributed by atoms with Crippen molar-refractivity contribution in [3.8, 4) is 0 Å². The van der Waals surface area contributed by atoms with E-state index in [1.807, 2.05) is 6.07 Å². The number of pyridine rings is 1. The van der Waals surface area contributed by atoms with Crippen LogP contribution in [0.1, 0.15) is 24.3 Å². The fourth-order valence-corrected chi connectivity index (χ4v) is 1.57. The van der Waals surface area contributed by atoms with E-state index in [-0.39, 0.29) is 0 Å². The first kappa shape index (κ1) is 7.38. The van der Waals surface area contributed by atoms with Gasteiger partial charge in [-0.25, -0.2) is 4.98 Å². The Balaban J connectivity index is 2.45. The Morgan fingerprint density at radius 2 is 2.09 bits per heavy atom. The van der Waals surface area contributed by atoms with E-state index in [0.717, 1.165) is 5.56 Å². The van der Waals surface area contributed by atoms with Crippen LogP contribution in [0.3, 0.4) is 0 Å². The molecular formula is C8H7Cl2N. The lowest BCUT2D eigenvalue weighted by molar-refractivity contribution is 1.11. The SMILES string of the molecule is Clc1nccc(C2CC2)c1Cl. The van der Waals surface area contributed by atoms with Crippen LogP contribution in [0.25, 0.3) is 0 Å². The molecule has 1 aliphatic carbocycles. The molecule has 0 spiro atoms. The van der Waals surface area contributed by atoms with Crippen molar-refractivity contribution >= 4 is 23.2 Å². The third-order valence-corrected chi connectivity index (χ3v) is 2.67. The van der Waals surface area contributed by atoms with Crippen molar-refractivity contribution in [3.05, 3.63) is 28.0 Å². The standard InChI is InChI=1S/C8H7Cl2N/c9-7-6(5-1-2-5)3-4-11-8(7)10/h3-5H,1-2H2. The van der Waals surface area contributed by atoms with E-state index in [0.29, 0.717) is 16.1 Å². The smallest absolute Gasteiger partial charge is 0.147 e. The van der Waals surface area contributed by atoms with Gasteiger partial charge in [-0.2, -0.15) is 0 Å². The van der Waals surface area contributed by atoms with Gasteiger partial charge in [0.25, 0.3) is 0 Å². The van der Waals surface area contributed by atoms with Gasteiger partial charge in [0.1, 0.15) is 5.15 Å². The van der Waals surface area contributed by atoms with E-state index >= 15 is 0 Å². The van der Waals surface area contributed by atoms with Gasteiger partial charge >= 0.3 is 0 Å². The summed E-state index contributed by atoms with van der Waals surface area (Å²) in [5.74, 6) is 0.642. The molecule has 0 bridgehead atoms. The minimum atomic E-state index is 0.427. The van der Waals surface area contributed by atoms with Crippen LogP contribution < -0.4 is 0 Å². The van der Waals surface area contributed by atoms with Crippen LogP contribution in [0.4, 0.5) is 0 Å². The maximum absolute atomic E-state index is 5.93. The van der Waals surface area contributed by atoms with E-state index in [4.69, 9.17) is 23.2 Å². The molecule has 0 N–H and O–H groups in total. The van der Waals surface area contributed by atoms with Crippen LogP contribution >= 0.6 is 23.2 Å². The number of hydrogen-bond acceptors (Lipinski definition) is 1. The molecule has 0 saturated heterocycles. The molecule has 3 heteroatoms. The third kappa shape index (κ3) is 1.35. The lowest BCUT2D eigenvalue weighted by atomic mass is 10.2. The largest absolute Gasteiger partial charge is 0.243 e. The van der Waals surface area contributed by atoms with Crippen LogP contribution in [-0.4, -0.2) is 4.98 Å². The second-order valence-corrected chi connectivity index (χ2v) is 3.52. The molecule has 0 atom stereocenters. The van der Waals surface area contributed by atoms with Crippen LogP contribution in [-0.2, 0) is 0 Å². The monoisotopic (exact) mass is 187 g/mol. The van der Waals surface area contributed by atoms with Gasteiger partial charge in [0.15, 0.2) is 0 Å². The first-order valence-corrected chi connectivity index (χ1v) is 4.34. The first-order valence-electron chi connectivity index (χ1n) is 3.59. The van der Waals surface area contributed by atoms with Gasteiger partial charge < -0.3 is 0 Å². The van der Waals surface area contributed by atoms with Crippen molar-refractivity contribution in [2.24, 2.45) is 0 Å². The third-order valence-electron chi connectivity index (χ3n) is 1.89. The molecule has 0 aromatic carbocycles. The lowest BCUT2D eigenvalue weighted by Gasteiger charge is -2.01. The fourth-order valence-electron chi connectivity index (χ4n) is 1.14. The van der Waals surface area contributed by atoms with Gasteiger partial charge in [-0.15, -0.1) is 0 Å². The molecule has 58 valence electrons. The predicted molar refractivity (Wildman–Crippen MR) is 46.2 cm³/mol. The summed E-state index contributed by atoms with van der Waals surface area (Å²) in [6, 6.07) is 1.95. The van der Waals surface area contributed by atoms with E-state index < -0.39 is 0 Å². The van der Waals surface area contributed by atoms with Crippen molar-refractivity contribution in [3.63, 3.8) is 0 Å². The minimum absolute atomic E-state index is 0.427. The Morgan fingerprint density at radius 3 is 2.73 bits per heavy atom.